The van der Waals surface area contributed by atoms with Gasteiger partial charge < -0.3 is 5.73 Å². The van der Waals surface area contributed by atoms with Crippen LogP contribution in [0.1, 0.15) is 5.56 Å². The van der Waals surface area contributed by atoms with Gasteiger partial charge in [-0.25, -0.2) is 8.42 Å². The van der Waals surface area contributed by atoms with Crippen molar-refractivity contribution in [3.8, 4) is 0 Å². The van der Waals surface area contributed by atoms with Crippen LogP contribution in [0, 0.1) is 0 Å². The topological polar surface area (TPSA) is 72.2 Å². The predicted octanol–water partition coefficient (Wildman–Crippen LogP) is 2.39. The van der Waals surface area contributed by atoms with Crippen LogP contribution in [0.4, 0.5) is 18.9 Å². The van der Waals surface area contributed by atoms with Crippen molar-refractivity contribution in [2.45, 2.75) is 6.18 Å². The summed E-state index contributed by atoms with van der Waals surface area (Å²) >= 11 is 9.93. The fourth-order valence-corrected chi connectivity index (χ4v) is 2.84. The van der Waals surface area contributed by atoms with Crippen LogP contribution in [0.15, 0.2) is 18.2 Å². The number of alkyl halides is 3. The Morgan fingerprint density at radius 3 is 2.42 bits per heavy atom. The fraction of sp³-hybridized carbons (Fsp3) is 0.222. The number of hydrogen-bond acceptors (Lipinski definition) is 3. The van der Waals surface area contributed by atoms with E-state index in [1.807, 2.05) is 4.72 Å². The Labute approximate surface area is 117 Å². The molecule has 3 N–H and O–H groups in total. The van der Waals surface area contributed by atoms with Crippen LogP contribution in [-0.2, 0) is 16.2 Å². The summed E-state index contributed by atoms with van der Waals surface area (Å²) in [6.07, 6.45) is -4.63. The summed E-state index contributed by atoms with van der Waals surface area (Å²) in [5.41, 5.74) is 3.70. The highest BCUT2D eigenvalue weighted by Gasteiger charge is 2.31. The Bertz CT molecular complexity index is 602. The van der Waals surface area contributed by atoms with Crippen LogP contribution >= 0.6 is 23.8 Å². The molecule has 0 spiro atoms. The second-order valence-electron chi connectivity index (χ2n) is 3.55. The van der Waals surface area contributed by atoms with E-state index in [0.717, 1.165) is 6.07 Å². The van der Waals surface area contributed by atoms with Crippen molar-refractivity contribution < 1.29 is 21.6 Å². The summed E-state index contributed by atoms with van der Waals surface area (Å²) in [6.45, 7) is 0. The van der Waals surface area contributed by atoms with Gasteiger partial charge in [0.2, 0.25) is 10.0 Å². The van der Waals surface area contributed by atoms with E-state index in [9.17, 15) is 21.6 Å². The summed E-state index contributed by atoms with van der Waals surface area (Å²) < 4.78 is 62.4. The quantitative estimate of drug-likeness (QED) is 0.830. The van der Waals surface area contributed by atoms with Crippen molar-refractivity contribution in [3.05, 3.63) is 28.8 Å². The average molecular weight is 333 g/mol. The van der Waals surface area contributed by atoms with Gasteiger partial charge in [0.1, 0.15) is 5.75 Å². The third-order valence-corrected chi connectivity index (χ3v) is 3.61. The molecule has 0 unspecified atom stereocenters. The Kier molecular flexibility index (Phi) is 4.64. The van der Waals surface area contributed by atoms with E-state index in [1.54, 1.807) is 0 Å². The van der Waals surface area contributed by atoms with Crippen molar-refractivity contribution in [2.24, 2.45) is 5.73 Å². The van der Waals surface area contributed by atoms with E-state index < -0.39 is 27.5 Å². The third kappa shape index (κ3) is 5.21. The molecule has 0 aliphatic heterocycles. The molecule has 4 nitrogen and oxygen atoms in total. The molecule has 1 aromatic carbocycles. The molecular formula is C9H8ClF3N2O2S2. The SMILES string of the molecule is NC(=S)CS(=O)(=O)Nc1cc(Cl)cc(C(F)(F)F)c1. The molecule has 0 radical (unpaired) electrons. The highest BCUT2D eigenvalue weighted by Crippen LogP contribution is 2.33. The third-order valence-electron chi connectivity index (χ3n) is 1.83. The molecule has 0 saturated heterocycles. The lowest BCUT2D eigenvalue weighted by molar-refractivity contribution is -0.137. The first kappa shape index (κ1) is 16.0. The van der Waals surface area contributed by atoms with Crippen LogP contribution in [0.3, 0.4) is 0 Å². The molecule has 0 aliphatic carbocycles. The maximum absolute atomic E-state index is 12.5. The van der Waals surface area contributed by atoms with Gasteiger partial charge in [-0.05, 0) is 18.2 Å². The average Bonchev–Trinajstić information content (AvgIpc) is 2.11. The van der Waals surface area contributed by atoms with E-state index >= 15 is 0 Å². The summed E-state index contributed by atoms with van der Waals surface area (Å²) in [6, 6.07) is 2.36. The van der Waals surface area contributed by atoms with Gasteiger partial charge in [0, 0.05) is 5.02 Å². The Hall–Kier alpha value is -1.06. The molecule has 0 atom stereocenters. The molecule has 0 amide bonds. The summed E-state index contributed by atoms with van der Waals surface area (Å²) in [5, 5.41) is -0.247. The van der Waals surface area contributed by atoms with Crippen LogP contribution in [0.2, 0.25) is 5.02 Å². The molecule has 1 aromatic rings. The normalized spacial score (nSPS) is 12.2. The van der Waals surface area contributed by atoms with E-state index in [1.165, 1.54) is 0 Å². The molecule has 0 bridgehead atoms. The zero-order chi connectivity index (χ0) is 14.8. The second kappa shape index (κ2) is 5.51. The van der Waals surface area contributed by atoms with Gasteiger partial charge in [0.05, 0.1) is 16.2 Å². The molecular weight excluding hydrogens is 325 g/mol. The monoisotopic (exact) mass is 332 g/mol. The number of halogens is 4. The Morgan fingerprint density at radius 2 is 1.95 bits per heavy atom. The van der Waals surface area contributed by atoms with E-state index in [0.29, 0.717) is 12.1 Å². The lowest BCUT2D eigenvalue weighted by atomic mass is 10.2. The van der Waals surface area contributed by atoms with Crippen LogP contribution < -0.4 is 10.5 Å². The van der Waals surface area contributed by atoms with Gasteiger partial charge in [-0.15, -0.1) is 0 Å². The van der Waals surface area contributed by atoms with Crippen molar-refractivity contribution in [2.75, 3.05) is 10.5 Å². The molecule has 10 heteroatoms. The van der Waals surface area contributed by atoms with Gasteiger partial charge in [-0.3, -0.25) is 4.72 Å². The number of nitrogens with one attached hydrogen (secondary N) is 1. The smallest absolute Gasteiger partial charge is 0.392 e. The first-order chi connectivity index (χ1) is 8.49. The summed E-state index contributed by atoms with van der Waals surface area (Å²) in [4.78, 5) is -0.300. The standard InChI is InChI=1S/C9H8ClF3N2O2S2/c10-6-1-5(9(11,12)13)2-7(3-6)15-19(16,17)4-8(14)18/h1-3,15H,4H2,(H2,14,18). The largest absolute Gasteiger partial charge is 0.416 e. The maximum Gasteiger partial charge on any atom is 0.416 e. The molecule has 0 heterocycles. The van der Waals surface area contributed by atoms with Crippen molar-refractivity contribution in [1.29, 1.82) is 0 Å². The van der Waals surface area contributed by atoms with Crippen LogP contribution in [0.25, 0.3) is 0 Å². The predicted molar refractivity (Wildman–Crippen MR) is 70.6 cm³/mol. The lowest BCUT2D eigenvalue weighted by Gasteiger charge is -2.11. The number of hydrogen-bond donors (Lipinski definition) is 2. The van der Waals surface area contributed by atoms with Gasteiger partial charge in [0.15, 0.2) is 0 Å². The maximum atomic E-state index is 12.5. The van der Waals surface area contributed by atoms with Crippen molar-refractivity contribution >= 4 is 44.5 Å². The zero-order valence-electron chi connectivity index (χ0n) is 9.16. The molecule has 0 aliphatic rings. The van der Waals surface area contributed by atoms with E-state index in [-0.39, 0.29) is 15.7 Å². The second-order valence-corrected chi connectivity index (χ2v) is 6.24. The van der Waals surface area contributed by atoms with Crippen molar-refractivity contribution in [3.63, 3.8) is 0 Å². The number of sulfonamides is 1. The number of thiocarbonyl (C=S) groups is 1. The van der Waals surface area contributed by atoms with Gasteiger partial charge in [-0.2, -0.15) is 13.2 Å². The van der Waals surface area contributed by atoms with Gasteiger partial charge in [0.25, 0.3) is 0 Å². The Morgan fingerprint density at radius 1 is 1.37 bits per heavy atom. The van der Waals surface area contributed by atoms with Crippen LogP contribution in [-0.4, -0.2) is 19.2 Å². The molecule has 0 aromatic heterocycles. The molecule has 19 heavy (non-hydrogen) atoms. The minimum absolute atomic E-state index is 0.247. The molecule has 1 rings (SSSR count). The summed E-state index contributed by atoms with van der Waals surface area (Å²) in [5.74, 6) is -0.670. The minimum atomic E-state index is -4.63. The fourth-order valence-electron chi connectivity index (χ4n) is 1.22. The van der Waals surface area contributed by atoms with Crippen LogP contribution in [0.5, 0.6) is 0 Å². The van der Waals surface area contributed by atoms with E-state index in [2.05, 4.69) is 12.2 Å². The molecule has 106 valence electrons. The molecule has 0 fully saturated rings. The number of anilines is 1. The Balaban J connectivity index is 3.09. The summed E-state index contributed by atoms with van der Waals surface area (Å²) in [7, 11) is -3.96. The molecule has 0 saturated carbocycles. The minimum Gasteiger partial charge on any atom is -0.392 e. The van der Waals surface area contributed by atoms with Gasteiger partial charge in [-0.1, -0.05) is 23.8 Å². The number of nitrogens with two attached hydrogens (primary N) is 1. The first-order valence-corrected chi connectivity index (χ1v) is 7.10. The number of benzene rings is 1. The highest BCUT2D eigenvalue weighted by molar-refractivity contribution is 7.95. The van der Waals surface area contributed by atoms with Crippen molar-refractivity contribution in [1.82, 2.24) is 0 Å². The lowest BCUT2D eigenvalue weighted by Crippen LogP contribution is -2.26. The first-order valence-electron chi connectivity index (χ1n) is 4.66. The van der Waals surface area contributed by atoms with E-state index in [4.69, 9.17) is 17.3 Å². The number of rotatable bonds is 4. The zero-order valence-corrected chi connectivity index (χ0v) is 11.6. The highest BCUT2D eigenvalue weighted by atomic mass is 35.5. The van der Waals surface area contributed by atoms with Gasteiger partial charge >= 0.3 is 6.18 Å².